The topological polar surface area (TPSA) is 98.7 Å². The van der Waals surface area contributed by atoms with Crippen LogP contribution in [0.5, 0.6) is 17.8 Å². The van der Waals surface area contributed by atoms with Crippen LogP contribution >= 0.6 is 0 Å². The van der Waals surface area contributed by atoms with Crippen LogP contribution in [-0.4, -0.2) is 122 Å². The number of carbonyl (C=O) groups is 1. The first-order valence-electron chi connectivity index (χ1n) is 15.9. The van der Waals surface area contributed by atoms with Gasteiger partial charge in [-0.25, -0.2) is 0 Å². The van der Waals surface area contributed by atoms with Gasteiger partial charge >= 0.3 is 12.2 Å². The number of carbonyl (C=O) groups excluding carboxylic acids is 1. The molecular weight excluding hydrogens is 631 g/mol. The highest BCUT2D eigenvalue weighted by Gasteiger charge is 2.44. The zero-order valence-electron chi connectivity index (χ0n) is 27.0. The van der Waals surface area contributed by atoms with Crippen LogP contribution < -0.4 is 14.2 Å². The number of hydrogen-bond acceptors (Lipinski definition) is 10. The Labute approximate surface area is 277 Å². The van der Waals surface area contributed by atoms with E-state index in [1.165, 1.54) is 14.2 Å². The minimum Gasteiger partial charge on any atom is -0.481 e. The monoisotopic (exact) mass is 671 g/mol. The summed E-state index contributed by atoms with van der Waals surface area (Å²) in [5.74, 6) is -0.584. The average molecular weight is 672 g/mol. The molecule has 4 heterocycles. The molecule has 0 bridgehead atoms. The van der Waals surface area contributed by atoms with Crippen molar-refractivity contribution < 1.29 is 41.7 Å². The first kappa shape index (κ1) is 33.9. The molecule has 2 aromatic carbocycles. The molecule has 1 amide bonds. The molecule has 0 N–H and O–H groups in total. The molecule has 0 radical (unpaired) electrons. The number of ether oxygens (including phenoxy) is 5. The fourth-order valence-corrected chi connectivity index (χ4v) is 7.00. The normalized spacial score (nSPS) is 21.2. The fraction of sp³-hybridized carbons (Fsp3) is 0.500. The van der Waals surface area contributed by atoms with Gasteiger partial charge in [-0.3, -0.25) is 14.6 Å². The number of fused-ring (bicyclic) bond motifs is 1. The van der Waals surface area contributed by atoms with Gasteiger partial charge in [0, 0.05) is 57.3 Å². The summed E-state index contributed by atoms with van der Waals surface area (Å²) in [6, 6.07) is 20.3. The van der Waals surface area contributed by atoms with Gasteiger partial charge in [-0.05, 0) is 11.1 Å². The van der Waals surface area contributed by atoms with E-state index in [4.69, 9.17) is 23.7 Å². The van der Waals surface area contributed by atoms with Gasteiger partial charge in [0.1, 0.15) is 6.79 Å². The van der Waals surface area contributed by atoms with Crippen molar-refractivity contribution in [2.45, 2.75) is 30.7 Å². The zero-order chi connectivity index (χ0) is 33.7. The lowest BCUT2D eigenvalue weighted by molar-refractivity contribution is -0.164. The molecule has 6 rings (SSSR count). The summed E-state index contributed by atoms with van der Waals surface area (Å²) in [4.78, 5) is 28.5. The largest absolute Gasteiger partial charge is 0.481 e. The lowest BCUT2D eigenvalue weighted by Gasteiger charge is -2.54. The number of benzene rings is 2. The van der Waals surface area contributed by atoms with Crippen LogP contribution in [0.2, 0.25) is 0 Å². The summed E-state index contributed by atoms with van der Waals surface area (Å²) in [5.41, 5.74) is 2.57. The first-order chi connectivity index (χ1) is 23.2. The number of rotatable bonds is 10. The number of methoxy groups -OCH3 is 2. The number of hydrogen-bond donors (Lipinski definition) is 0. The van der Waals surface area contributed by atoms with Crippen molar-refractivity contribution in [1.82, 2.24) is 24.7 Å². The highest BCUT2D eigenvalue weighted by Crippen LogP contribution is 2.38. The maximum atomic E-state index is 13.6. The minimum atomic E-state index is -4.58. The van der Waals surface area contributed by atoms with Crippen LogP contribution in [0.15, 0.2) is 60.7 Å². The van der Waals surface area contributed by atoms with E-state index in [9.17, 15) is 18.0 Å². The van der Waals surface area contributed by atoms with Crippen molar-refractivity contribution in [2.24, 2.45) is 5.92 Å². The molecule has 3 fully saturated rings. The molecule has 1 aromatic heterocycles. The van der Waals surface area contributed by atoms with Crippen LogP contribution in [0.1, 0.15) is 22.6 Å². The second-order valence-electron chi connectivity index (χ2n) is 12.2. The summed E-state index contributed by atoms with van der Waals surface area (Å²) in [6.07, 6.45) is -4.58. The molecule has 258 valence electrons. The predicted molar refractivity (Wildman–Crippen MR) is 168 cm³/mol. The standard InChI is InChI=1S/C34H40F3N5O6/c1-44-30-27(31(39-33(38-30)45-2)48-21-34(35,36)37)17-40-15-26-16-41(32(43)25-19-46-22-47-20-25)13-14-42(26)28(18-40)29(23-9-5-3-6-10-23)24-11-7-4-8-12-24/h3-12,25-26,28-29H,13-22H2,1-2H3/t26-,28+/m1/s1. The van der Waals surface area contributed by atoms with E-state index in [1.807, 2.05) is 41.3 Å². The number of halogens is 3. The molecular formula is C34H40F3N5O6. The minimum absolute atomic E-state index is 0.00115. The van der Waals surface area contributed by atoms with E-state index in [2.05, 4.69) is 44.0 Å². The van der Waals surface area contributed by atoms with Gasteiger partial charge in [0.15, 0.2) is 6.61 Å². The number of amides is 1. The van der Waals surface area contributed by atoms with Gasteiger partial charge in [0.2, 0.25) is 17.7 Å². The van der Waals surface area contributed by atoms with Crippen LogP contribution in [0, 0.1) is 5.92 Å². The number of piperazine rings is 2. The summed E-state index contributed by atoms with van der Waals surface area (Å²) < 4.78 is 66.6. The van der Waals surface area contributed by atoms with Gasteiger partial charge in [-0.1, -0.05) is 60.7 Å². The molecule has 3 aromatic rings. The van der Waals surface area contributed by atoms with Crippen molar-refractivity contribution in [2.75, 3.05) is 73.6 Å². The molecule has 14 heteroatoms. The van der Waals surface area contributed by atoms with Crippen LogP contribution in [0.25, 0.3) is 0 Å². The molecule has 3 aliphatic heterocycles. The van der Waals surface area contributed by atoms with Crippen LogP contribution in [0.3, 0.4) is 0 Å². The second kappa shape index (κ2) is 15.1. The smallest absolute Gasteiger partial charge is 0.422 e. The van der Waals surface area contributed by atoms with Crippen LogP contribution in [-0.2, 0) is 20.8 Å². The maximum absolute atomic E-state index is 13.6. The Bertz CT molecular complexity index is 1470. The van der Waals surface area contributed by atoms with Gasteiger partial charge in [-0.2, -0.15) is 23.1 Å². The van der Waals surface area contributed by atoms with Crippen molar-refractivity contribution in [3.05, 3.63) is 77.4 Å². The van der Waals surface area contributed by atoms with Crippen molar-refractivity contribution in [1.29, 1.82) is 0 Å². The molecule has 48 heavy (non-hydrogen) atoms. The molecule has 0 saturated carbocycles. The predicted octanol–water partition coefficient (Wildman–Crippen LogP) is 3.58. The first-order valence-corrected chi connectivity index (χ1v) is 15.9. The summed E-state index contributed by atoms with van der Waals surface area (Å²) >= 11 is 0. The Hall–Kier alpha value is -3.98. The summed E-state index contributed by atoms with van der Waals surface area (Å²) in [6.45, 7) is 2.24. The van der Waals surface area contributed by atoms with Gasteiger partial charge < -0.3 is 28.6 Å². The van der Waals surface area contributed by atoms with E-state index < -0.39 is 12.8 Å². The van der Waals surface area contributed by atoms with Gasteiger partial charge in [-0.15, -0.1) is 0 Å². The molecule has 0 unspecified atom stereocenters. The highest BCUT2D eigenvalue weighted by molar-refractivity contribution is 5.79. The highest BCUT2D eigenvalue weighted by atomic mass is 19.4. The van der Waals surface area contributed by atoms with E-state index >= 15 is 0 Å². The second-order valence-corrected chi connectivity index (χ2v) is 12.2. The summed E-state index contributed by atoms with van der Waals surface area (Å²) in [5, 5.41) is 0. The third kappa shape index (κ3) is 7.83. The summed E-state index contributed by atoms with van der Waals surface area (Å²) in [7, 11) is 2.71. The SMILES string of the molecule is COc1nc(OC)c(CN2C[C@@H]3CN(C(=O)C4COCOC4)CCN3[C@H](C(c3ccccc3)c3ccccc3)C2)c(OCC(F)(F)F)n1. The van der Waals surface area contributed by atoms with E-state index in [0.29, 0.717) is 45.9 Å². The average Bonchev–Trinajstić information content (AvgIpc) is 3.11. The van der Waals surface area contributed by atoms with E-state index in [-0.39, 0.29) is 66.5 Å². The van der Waals surface area contributed by atoms with Crippen molar-refractivity contribution >= 4 is 5.91 Å². The lowest BCUT2D eigenvalue weighted by Crippen LogP contribution is -2.67. The zero-order valence-corrected chi connectivity index (χ0v) is 27.0. The molecule has 2 atom stereocenters. The van der Waals surface area contributed by atoms with E-state index in [1.54, 1.807) is 0 Å². The Balaban J connectivity index is 1.36. The maximum Gasteiger partial charge on any atom is 0.422 e. The van der Waals surface area contributed by atoms with Crippen LogP contribution in [0.4, 0.5) is 13.2 Å². The Morgan fingerprint density at radius 3 is 2.15 bits per heavy atom. The number of nitrogens with zero attached hydrogens (tertiary/aromatic N) is 5. The fourth-order valence-electron chi connectivity index (χ4n) is 7.00. The number of aromatic nitrogens is 2. The van der Waals surface area contributed by atoms with Crippen molar-refractivity contribution in [3.63, 3.8) is 0 Å². The third-order valence-corrected chi connectivity index (χ3v) is 9.08. The van der Waals surface area contributed by atoms with Gasteiger partial charge in [0.05, 0.1) is 38.9 Å². The third-order valence-electron chi connectivity index (χ3n) is 9.08. The Morgan fingerprint density at radius 2 is 1.54 bits per heavy atom. The molecule has 0 spiro atoms. The Kier molecular flexibility index (Phi) is 10.6. The Morgan fingerprint density at radius 1 is 0.896 bits per heavy atom. The lowest BCUT2D eigenvalue weighted by atomic mass is 9.81. The molecule has 3 aliphatic rings. The quantitative estimate of drug-likeness (QED) is 0.318. The van der Waals surface area contributed by atoms with Gasteiger partial charge in [0.25, 0.3) is 0 Å². The molecule has 11 nitrogen and oxygen atoms in total. The van der Waals surface area contributed by atoms with Crippen molar-refractivity contribution in [3.8, 4) is 17.8 Å². The molecule has 3 saturated heterocycles. The number of alkyl halides is 3. The molecule has 0 aliphatic carbocycles. The van der Waals surface area contributed by atoms with E-state index in [0.717, 1.165) is 11.1 Å².